The Kier molecular flexibility index (Phi) is 7.49. The van der Waals surface area contributed by atoms with Crippen molar-refractivity contribution in [1.29, 1.82) is 0 Å². The molecule has 1 fully saturated rings. The number of fused-ring (bicyclic) bond motifs is 1. The van der Waals surface area contributed by atoms with Gasteiger partial charge in [-0.1, -0.05) is 55.7 Å². The number of halogens is 1. The zero-order chi connectivity index (χ0) is 25.8. The Morgan fingerprint density at radius 2 is 1.95 bits per heavy atom. The van der Waals surface area contributed by atoms with E-state index in [0.29, 0.717) is 5.69 Å². The van der Waals surface area contributed by atoms with Gasteiger partial charge in [-0.15, -0.1) is 0 Å². The van der Waals surface area contributed by atoms with Gasteiger partial charge in [0.05, 0.1) is 12.5 Å². The van der Waals surface area contributed by atoms with Crippen LogP contribution in [0, 0.1) is 18.7 Å². The Balaban J connectivity index is 1.52. The molecule has 0 spiro atoms. The van der Waals surface area contributed by atoms with Crippen LogP contribution in [0.5, 0.6) is 0 Å². The Hall–Kier alpha value is -3.74. The summed E-state index contributed by atoms with van der Waals surface area (Å²) in [4.78, 5) is 33.8. The van der Waals surface area contributed by atoms with Gasteiger partial charge in [-0.3, -0.25) is 19.5 Å². The van der Waals surface area contributed by atoms with E-state index in [2.05, 4.69) is 15.6 Å². The van der Waals surface area contributed by atoms with Gasteiger partial charge in [0.1, 0.15) is 11.9 Å². The van der Waals surface area contributed by atoms with E-state index in [4.69, 9.17) is 0 Å². The zero-order valence-corrected chi connectivity index (χ0v) is 21.1. The molecule has 2 heterocycles. The number of nitrogens with zero attached hydrogens (tertiary/aromatic N) is 2. The second-order valence-corrected chi connectivity index (χ2v) is 10.1. The van der Waals surface area contributed by atoms with Crippen LogP contribution in [0.3, 0.4) is 0 Å². The van der Waals surface area contributed by atoms with E-state index < -0.39 is 11.9 Å². The van der Waals surface area contributed by atoms with Crippen LogP contribution in [0.25, 0.3) is 0 Å². The van der Waals surface area contributed by atoms with Gasteiger partial charge in [0, 0.05) is 30.1 Å². The molecular weight excluding hydrogens is 467 g/mol. The average molecular weight is 501 g/mol. The molecular formula is C30H33FN4O2. The highest BCUT2D eigenvalue weighted by molar-refractivity contribution is 6.02. The molecule has 7 heteroatoms. The lowest BCUT2D eigenvalue weighted by atomic mass is 9.91. The van der Waals surface area contributed by atoms with Crippen LogP contribution in [0.1, 0.15) is 55.7 Å². The number of hydrogen-bond donors (Lipinski definition) is 2. The molecule has 2 amide bonds. The van der Waals surface area contributed by atoms with Crippen molar-refractivity contribution >= 4 is 23.7 Å². The highest BCUT2D eigenvalue weighted by Crippen LogP contribution is 2.34. The summed E-state index contributed by atoms with van der Waals surface area (Å²) in [6.45, 7) is 1.94. The molecule has 3 aliphatic rings. The van der Waals surface area contributed by atoms with E-state index in [1.807, 2.05) is 49.7 Å². The normalized spacial score (nSPS) is 21.5. The summed E-state index contributed by atoms with van der Waals surface area (Å²) in [5.41, 5.74) is 2.90. The number of hydrogen-bond acceptors (Lipinski definition) is 4. The monoisotopic (exact) mass is 500 g/mol. The van der Waals surface area contributed by atoms with Gasteiger partial charge in [0.2, 0.25) is 11.8 Å². The first kappa shape index (κ1) is 24.9. The van der Waals surface area contributed by atoms with Gasteiger partial charge < -0.3 is 10.6 Å². The van der Waals surface area contributed by atoms with Gasteiger partial charge >= 0.3 is 0 Å². The first-order valence-corrected chi connectivity index (χ1v) is 13.1. The van der Waals surface area contributed by atoms with Crippen LogP contribution in [-0.4, -0.2) is 30.1 Å². The van der Waals surface area contributed by atoms with Crippen molar-refractivity contribution in [2.75, 3.05) is 4.90 Å². The Bertz CT molecular complexity index is 1250. The second kappa shape index (κ2) is 11.1. The first-order valence-electron chi connectivity index (χ1n) is 13.1. The molecule has 2 aromatic carbocycles. The SMILES string of the molecule is Cc1ccccc1C(C(=O)NC1CCCCC1)N(C(=O)CC1=CNC2C=NC=CC12)c1cccc(F)c1. The number of anilines is 1. The third kappa shape index (κ3) is 5.50. The summed E-state index contributed by atoms with van der Waals surface area (Å²) >= 11 is 0. The molecule has 6 nitrogen and oxygen atoms in total. The molecule has 2 aromatic rings. The highest BCUT2D eigenvalue weighted by atomic mass is 19.1. The smallest absolute Gasteiger partial charge is 0.248 e. The number of amides is 2. The van der Waals surface area contributed by atoms with Gasteiger partial charge in [-0.2, -0.15) is 0 Å². The first-order chi connectivity index (χ1) is 18.0. The number of aliphatic imine (C=N–C) groups is 1. The number of nitrogens with one attached hydrogen (secondary N) is 2. The number of aryl methyl sites for hydroxylation is 1. The van der Waals surface area contributed by atoms with Crippen molar-refractivity contribution in [1.82, 2.24) is 10.6 Å². The van der Waals surface area contributed by atoms with Gasteiger partial charge in [-0.25, -0.2) is 4.39 Å². The molecule has 0 saturated heterocycles. The van der Waals surface area contributed by atoms with E-state index >= 15 is 0 Å². The zero-order valence-electron chi connectivity index (χ0n) is 21.1. The third-order valence-electron chi connectivity index (χ3n) is 7.55. The van der Waals surface area contributed by atoms with Crippen LogP contribution in [0.2, 0.25) is 0 Å². The maximum Gasteiger partial charge on any atom is 0.248 e. The van der Waals surface area contributed by atoms with Crippen molar-refractivity contribution in [2.24, 2.45) is 10.9 Å². The lowest BCUT2D eigenvalue weighted by Crippen LogP contribution is -2.47. The minimum Gasteiger partial charge on any atom is -0.382 e. The topological polar surface area (TPSA) is 73.8 Å². The number of carbonyl (C=O) groups is 2. The fourth-order valence-electron chi connectivity index (χ4n) is 5.61. The van der Waals surface area contributed by atoms with E-state index in [0.717, 1.165) is 42.4 Å². The summed E-state index contributed by atoms with van der Waals surface area (Å²) < 4.78 is 14.5. The lowest BCUT2D eigenvalue weighted by Gasteiger charge is -2.34. The fraction of sp³-hybridized carbons (Fsp3) is 0.367. The third-order valence-corrected chi connectivity index (χ3v) is 7.55. The summed E-state index contributed by atoms with van der Waals surface area (Å²) in [5.74, 6) is -0.939. The van der Waals surface area contributed by atoms with E-state index in [9.17, 15) is 14.0 Å². The Labute approximate surface area is 217 Å². The van der Waals surface area contributed by atoms with Crippen molar-refractivity contribution in [3.05, 3.63) is 89.5 Å². The molecule has 0 radical (unpaired) electrons. The molecule has 0 bridgehead atoms. The minimum absolute atomic E-state index is 0.0113. The van der Waals surface area contributed by atoms with Crippen molar-refractivity contribution in [2.45, 2.75) is 63.6 Å². The average Bonchev–Trinajstić information content (AvgIpc) is 3.31. The molecule has 2 N–H and O–H groups in total. The number of carbonyl (C=O) groups excluding carboxylic acids is 2. The van der Waals surface area contributed by atoms with Gasteiger partial charge in [-0.05, 0) is 60.9 Å². The minimum atomic E-state index is -0.924. The summed E-state index contributed by atoms with van der Waals surface area (Å²) in [7, 11) is 0. The molecule has 37 heavy (non-hydrogen) atoms. The van der Waals surface area contributed by atoms with Crippen LogP contribution < -0.4 is 15.5 Å². The quantitative estimate of drug-likeness (QED) is 0.554. The Morgan fingerprint density at radius 1 is 1.14 bits per heavy atom. The molecule has 3 atom stereocenters. The van der Waals surface area contributed by atoms with E-state index in [-0.39, 0.29) is 36.2 Å². The van der Waals surface area contributed by atoms with Crippen molar-refractivity contribution < 1.29 is 14.0 Å². The summed E-state index contributed by atoms with van der Waals surface area (Å²) in [6, 6.07) is 12.7. The van der Waals surface area contributed by atoms with Crippen molar-refractivity contribution in [3.63, 3.8) is 0 Å². The van der Waals surface area contributed by atoms with Crippen LogP contribution in [-0.2, 0) is 9.59 Å². The van der Waals surface area contributed by atoms with Gasteiger partial charge in [0.15, 0.2) is 0 Å². The number of benzene rings is 2. The highest BCUT2D eigenvalue weighted by Gasteiger charge is 2.37. The Morgan fingerprint density at radius 3 is 2.73 bits per heavy atom. The summed E-state index contributed by atoms with van der Waals surface area (Å²) in [5, 5.41) is 6.50. The molecule has 1 aliphatic carbocycles. The number of rotatable bonds is 7. The van der Waals surface area contributed by atoms with E-state index in [1.165, 1.54) is 23.5 Å². The standard InChI is InChI=1S/C30H33FN4O2/c1-20-8-5-6-13-25(20)29(30(37)34-23-10-3-2-4-11-23)35(24-12-7-9-22(31)17-24)28(36)16-21-18-33-27-19-32-15-14-26(21)27/h5-9,12-15,17-19,23,26-27,29,33H,2-4,10-11,16H2,1H3,(H,34,37). The largest absolute Gasteiger partial charge is 0.382 e. The van der Waals surface area contributed by atoms with E-state index in [1.54, 1.807) is 18.3 Å². The predicted molar refractivity (Wildman–Crippen MR) is 144 cm³/mol. The maximum atomic E-state index is 14.5. The predicted octanol–water partition coefficient (Wildman–Crippen LogP) is 5.12. The molecule has 0 aromatic heterocycles. The molecule has 2 aliphatic heterocycles. The summed E-state index contributed by atoms with van der Waals surface area (Å²) in [6.07, 6.45) is 12.7. The van der Waals surface area contributed by atoms with Gasteiger partial charge in [0.25, 0.3) is 0 Å². The second-order valence-electron chi connectivity index (χ2n) is 10.1. The van der Waals surface area contributed by atoms with Crippen LogP contribution in [0.4, 0.5) is 10.1 Å². The maximum absolute atomic E-state index is 14.5. The molecule has 1 saturated carbocycles. The fourth-order valence-corrected chi connectivity index (χ4v) is 5.61. The van der Waals surface area contributed by atoms with Crippen LogP contribution >= 0.6 is 0 Å². The molecule has 3 unspecified atom stereocenters. The van der Waals surface area contributed by atoms with Crippen molar-refractivity contribution in [3.8, 4) is 0 Å². The molecule has 5 rings (SSSR count). The molecule has 192 valence electrons. The lowest BCUT2D eigenvalue weighted by molar-refractivity contribution is -0.127. The van der Waals surface area contributed by atoms with Crippen LogP contribution in [0.15, 0.2) is 77.6 Å².